The van der Waals surface area contributed by atoms with Gasteiger partial charge in [0.25, 0.3) is 0 Å². The Labute approximate surface area is 204 Å². The Morgan fingerprint density at radius 3 is 2.44 bits per heavy atom. The molecule has 0 bridgehead atoms. The Bertz CT molecular complexity index is 1570. The largest absolute Gasteiger partial charge is 0.476 e. The van der Waals surface area contributed by atoms with Gasteiger partial charge in [0, 0.05) is 17.2 Å². The summed E-state index contributed by atoms with van der Waals surface area (Å²) in [5, 5.41) is 11.6. The fourth-order valence-electron chi connectivity index (χ4n) is 3.59. The number of nitrogens with one attached hydrogen (secondary N) is 1. The number of halogens is 6. The van der Waals surface area contributed by atoms with Crippen LogP contribution >= 0.6 is 11.6 Å². The van der Waals surface area contributed by atoms with E-state index < -0.39 is 51.9 Å². The van der Waals surface area contributed by atoms with Gasteiger partial charge in [-0.05, 0) is 49.4 Å². The number of anilines is 1. The number of pyridine rings is 1. The second-order valence-corrected chi connectivity index (χ2v) is 8.13. The maximum Gasteiger partial charge on any atom is 0.416 e. The summed E-state index contributed by atoms with van der Waals surface area (Å²) in [4.78, 5) is 28.1. The summed E-state index contributed by atoms with van der Waals surface area (Å²) < 4.78 is 73.7. The maximum atomic E-state index is 13.8. The summed E-state index contributed by atoms with van der Waals surface area (Å²) in [7, 11) is 0. The molecule has 0 saturated heterocycles. The van der Waals surface area contributed by atoms with Crippen molar-refractivity contribution in [3.8, 4) is 11.3 Å². The lowest BCUT2D eigenvalue weighted by Crippen LogP contribution is -2.15. The number of benzene rings is 2. The number of fused-ring (bicyclic) bond motifs is 1. The van der Waals surface area contributed by atoms with Gasteiger partial charge < -0.3 is 14.8 Å². The first-order valence-corrected chi connectivity index (χ1v) is 10.5. The Hall–Kier alpha value is -3.99. The van der Waals surface area contributed by atoms with Crippen molar-refractivity contribution in [2.75, 3.05) is 5.32 Å². The molecule has 2 heterocycles. The van der Waals surface area contributed by atoms with Gasteiger partial charge in [-0.1, -0.05) is 11.6 Å². The zero-order chi connectivity index (χ0) is 26.4. The zero-order valence-electron chi connectivity index (χ0n) is 18.1. The molecule has 0 aliphatic heterocycles. The molecule has 2 N–H and O–H groups in total. The standard InChI is InChI=1S/C24H14ClF5N2O4/c1-10(31-17-4-5-20(25)32-21(17)23(34)35)13-7-12(24(28,29)30)8-14-18(33)9-19(36-22(13)14)11-2-3-15(26)16(27)6-11/h2-10,31H,1H3,(H,34,35). The van der Waals surface area contributed by atoms with E-state index in [2.05, 4.69) is 10.3 Å². The van der Waals surface area contributed by atoms with Crippen LogP contribution in [0, 0.1) is 11.6 Å². The van der Waals surface area contributed by atoms with Crippen molar-refractivity contribution >= 4 is 34.2 Å². The Balaban J connectivity index is 1.92. The van der Waals surface area contributed by atoms with Crippen LogP contribution < -0.4 is 10.7 Å². The van der Waals surface area contributed by atoms with Crippen molar-refractivity contribution in [1.29, 1.82) is 0 Å². The number of aromatic nitrogens is 1. The molecular formula is C24H14ClF5N2O4. The third-order valence-corrected chi connectivity index (χ3v) is 5.50. The van der Waals surface area contributed by atoms with Crippen molar-refractivity contribution in [3.05, 3.63) is 92.4 Å². The molecule has 2 aromatic heterocycles. The molecule has 0 fully saturated rings. The van der Waals surface area contributed by atoms with E-state index in [9.17, 15) is 36.6 Å². The molecule has 36 heavy (non-hydrogen) atoms. The summed E-state index contributed by atoms with van der Waals surface area (Å²) in [6, 6.07) is 6.52. The van der Waals surface area contributed by atoms with Crippen LogP contribution in [-0.4, -0.2) is 16.1 Å². The van der Waals surface area contributed by atoms with Crippen LogP contribution in [0.15, 0.2) is 57.7 Å². The summed E-state index contributed by atoms with van der Waals surface area (Å²) in [6.45, 7) is 1.42. The first-order valence-electron chi connectivity index (χ1n) is 10.2. The summed E-state index contributed by atoms with van der Waals surface area (Å²) in [5.41, 5.74) is -2.94. The van der Waals surface area contributed by atoms with Gasteiger partial charge in [-0.3, -0.25) is 4.79 Å². The number of carbonyl (C=O) groups is 1. The summed E-state index contributed by atoms with van der Waals surface area (Å²) >= 11 is 5.75. The lowest BCUT2D eigenvalue weighted by Gasteiger charge is -2.20. The number of carboxylic acid groups (broad SMARTS) is 1. The van der Waals surface area contributed by atoms with Crippen molar-refractivity contribution in [3.63, 3.8) is 0 Å². The molecule has 0 aliphatic rings. The zero-order valence-corrected chi connectivity index (χ0v) is 18.8. The van der Waals surface area contributed by atoms with E-state index in [1.165, 1.54) is 19.1 Å². The predicted molar refractivity (Wildman–Crippen MR) is 121 cm³/mol. The monoisotopic (exact) mass is 524 g/mol. The van der Waals surface area contributed by atoms with E-state index in [1.54, 1.807) is 0 Å². The Morgan fingerprint density at radius 2 is 1.81 bits per heavy atom. The normalized spacial score (nSPS) is 12.5. The van der Waals surface area contributed by atoms with E-state index in [4.69, 9.17) is 16.0 Å². The number of carboxylic acids is 1. The van der Waals surface area contributed by atoms with Gasteiger partial charge in [-0.2, -0.15) is 13.2 Å². The van der Waals surface area contributed by atoms with Gasteiger partial charge in [0.1, 0.15) is 16.5 Å². The molecule has 1 unspecified atom stereocenters. The SMILES string of the molecule is CC(Nc1ccc(Cl)nc1C(=O)O)c1cc(C(F)(F)F)cc2c(=O)cc(-c3ccc(F)c(F)c3)oc12. The smallest absolute Gasteiger partial charge is 0.416 e. The van der Waals surface area contributed by atoms with E-state index in [-0.39, 0.29) is 33.3 Å². The third-order valence-electron chi connectivity index (χ3n) is 5.29. The molecule has 0 aliphatic carbocycles. The second kappa shape index (κ2) is 9.23. The predicted octanol–water partition coefficient (Wildman–Crippen LogP) is 6.68. The van der Waals surface area contributed by atoms with Gasteiger partial charge in [0.15, 0.2) is 22.8 Å². The summed E-state index contributed by atoms with van der Waals surface area (Å²) in [5.74, 6) is -4.00. The average Bonchev–Trinajstić information content (AvgIpc) is 2.80. The quantitative estimate of drug-likeness (QED) is 0.223. The van der Waals surface area contributed by atoms with Crippen LogP contribution in [0.5, 0.6) is 0 Å². The molecule has 0 spiro atoms. The van der Waals surface area contributed by atoms with Gasteiger partial charge in [-0.15, -0.1) is 0 Å². The first-order chi connectivity index (χ1) is 16.8. The molecule has 2 aromatic carbocycles. The average molecular weight is 525 g/mol. The maximum absolute atomic E-state index is 13.8. The molecule has 4 rings (SSSR count). The van der Waals surface area contributed by atoms with Gasteiger partial charge in [0.2, 0.25) is 0 Å². The number of rotatable bonds is 5. The van der Waals surface area contributed by atoms with E-state index >= 15 is 0 Å². The Morgan fingerprint density at radius 1 is 1.08 bits per heavy atom. The van der Waals surface area contributed by atoms with Crippen LogP contribution in [0.3, 0.4) is 0 Å². The van der Waals surface area contributed by atoms with E-state index in [1.807, 2.05) is 0 Å². The molecule has 4 aromatic rings. The number of nitrogens with zero attached hydrogens (tertiary/aromatic N) is 1. The number of hydrogen-bond donors (Lipinski definition) is 2. The highest BCUT2D eigenvalue weighted by Gasteiger charge is 2.33. The van der Waals surface area contributed by atoms with Gasteiger partial charge >= 0.3 is 12.1 Å². The second-order valence-electron chi connectivity index (χ2n) is 7.75. The third kappa shape index (κ3) is 4.87. The van der Waals surface area contributed by atoms with Crippen LogP contribution in [0.1, 0.15) is 34.6 Å². The highest BCUT2D eigenvalue weighted by atomic mass is 35.5. The lowest BCUT2D eigenvalue weighted by atomic mass is 9.99. The molecule has 0 saturated carbocycles. The van der Waals surface area contributed by atoms with Crippen LogP contribution in [0.2, 0.25) is 5.15 Å². The molecule has 0 radical (unpaired) electrons. The minimum Gasteiger partial charge on any atom is -0.476 e. The molecule has 186 valence electrons. The van der Waals surface area contributed by atoms with Crippen molar-refractivity contribution in [2.24, 2.45) is 0 Å². The van der Waals surface area contributed by atoms with Gasteiger partial charge in [-0.25, -0.2) is 18.6 Å². The number of alkyl halides is 3. The van der Waals surface area contributed by atoms with Crippen molar-refractivity contribution in [2.45, 2.75) is 19.1 Å². The number of hydrogen-bond acceptors (Lipinski definition) is 5. The van der Waals surface area contributed by atoms with Crippen LogP contribution in [0.25, 0.3) is 22.3 Å². The fraction of sp³-hybridized carbons (Fsp3) is 0.125. The van der Waals surface area contributed by atoms with Crippen molar-refractivity contribution < 1.29 is 36.3 Å². The molecule has 0 amide bonds. The highest BCUT2D eigenvalue weighted by molar-refractivity contribution is 6.29. The van der Waals surface area contributed by atoms with E-state index in [0.29, 0.717) is 6.07 Å². The molecule has 1 atom stereocenters. The molecular weight excluding hydrogens is 511 g/mol. The Kier molecular flexibility index (Phi) is 6.44. The van der Waals surface area contributed by atoms with Crippen LogP contribution in [-0.2, 0) is 6.18 Å². The van der Waals surface area contributed by atoms with Crippen LogP contribution in [0.4, 0.5) is 27.6 Å². The highest BCUT2D eigenvalue weighted by Crippen LogP contribution is 2.37. The fourth-order valence-corrected chi connectivity index (χ4v) is 3.73. The minimum absolute atomic E-state index is 0.0191. The minimum atomic E-state index is -4.82. The topological polar surface area (TPSA) is 92.4 Å². The van der Waals surface area contributed by atoms with Gasteiger partial charge in [0.05, 0.1) is 22.7 Å². The molecule has 6 nitrogen and oxygen atoms in total. The summed E-state index contributed by atoms with van der Waals surface area (Å²) in [6.07, 6.45) is -4.82. The lowest BCUT2D eigenvalue weighted by molar-refractivity contribution is -0.137. The van der Waals surface area contributed by atoms with Crippen molar-refractivity contribution in [1.82, 2.24) is 4.98 Å². The number of aromatic carboxylic acids is 1. The molecule has 12 heteroatoms. The van der Waals surface area contributed by atoms with E-state index in [0.717, 1.165) is 30.3 Å². The first kappa shape index (κ1) is 25.1.